The highest BCUT2D eigenvalue weighted by Gasteiger charge is 2.24. The number of hydrogen-bond acceptors (Lipinski definition) is 1. The maximum absolute atomic E-state index is 12.7. The second-order valence-corrected chi connectivity index (χ2v) is 2.96. The summed E-state index contributed by atoms with van der Waals surface area (Å²) in [7, 11) is 1.71. The van der Waals surface area contributed by atoms with Crippen LogP contribution >= 0.6 is 0 Å². The van der Waals surface area contributed by atoms with E-state index in [2.05, 4.69) is 0 Å². The van der Waals surface area contributed by atoms with Crippen molar-refractivity contribution in [2.75, 3.05) is 7.05 Å². The van der Waals surface area contributed by atoms with Crippen LogP contribution in [0, 0.1) is 5.82 Å². The summed E-state index contributed by atoms with van der Waals surface area (Å²) in [4.78, 5) is 12.9. The number of amides is 1. The predicted molar refractivity (Wildman–Crippen MR) is 53.5 cm³/mol. The van der Waals surface area contributed by atoms with Crippen molar-refractivity contribution < 1.29 is 9.18 Å². The highest BCUT2D eigenvalue weighted by atomic mass is 19.1. The molecule has 0 unspecified atom stereocenters. The van der Waals surface area contributed by atoms with Gasteiger partial charge in [0.2, 0.25) is 0 Å². The fraction of sp³-hybridized carbons (Fsp3) is 0.364. The first-order chi connectivity index (χ1) is 6.68. The highest BCUT2D eigenvalue weighted by Crippen LogP contribution is 2.21. The quantitative estimate of drug-likeness (QED) is 0.622. The van der Waals surface area contributed by atoms with Gasteiger partial charge < -0.3 is 4.90 Å². The molecule has 1 aromatic carbocycles. The van der Waals surface area contributed by atoms with Crippen LogP contribution < -0.4 is 0 Å². The van der Waals surface area contributed by atoms with Crippen LogP contribution in [0.4, 0.5) is 4.39 Å². The van der Waals surface area contributed by atoms with Crippen molar-refractivity contribution in [3.05, 3.63) is 35.1 Å². The summed E-state index contributed by atoms with van der Waals surface area (Å²) in [6.45, 7) is 4.59. The summed E-state index contributed by atoms with van der Waals surface area (Å²) in [5, 5.41) is 0. The summed E-state index contributed by atoms with van der Waals surface area (Å²) in [6, 6.07) is 4.33. The Morgan fingerprint density at radius 1 is 1.36 bits per heavy atom. The van der Waals surface area contributed by atoms with Crippen molar-refractivity contribution in [3.63, 3.8) is 0 Å². The van der Waals surface area contributed by atoms with Crippen LogP contribution in [0.2, 0.25) is 0 Å². The second kappa shape index (κ2) is 4.22. The van der Waals surface area contributed by atoms with Gasteiger partial charge in [-0.05, 0) is 17.7 Å². The van der Waals surface area contributed by atoms with Crippen LogP contribution in [0.1, 0.15) is 29.8 Å². The van der Waals surface area contributed by atoms with Crippen LogP contribution in [0.25, 0.3) is 0 Å². The average molecular weight is 195 g/mol. The molecule has 0 aromatic heterocycles. The fourth-order valence-corrected chi connectivity index (χ4v) is 1.42. The summed E-state index contributed by atoms with van der Waals surface area (Å²) in [6.07, 6.45) is 0. The van der Waals surface area contributed by atoms with Crippen molar-refractivity contribution in [2.24, 2.45) is 0 Å². The minimum absolute atomic E-state index is 0.0931. The van der Waals surface area contributed by atoms with Gasteiger partial charge in [0.1, 0.15) is 5.82 Å². The molecule has 1 aliphatic heterocycles. The Balaban J connectivity index is 0.000000461. The Hall–Kier alpha value is -1.38. The summed E-state index contributed by atoms with van der Waals surface area (Å²) in [5.74, 6) is -0.443. The Morgan fingerprint density at radius 2 is 2.00 bits per heavy atom. The molecular formula is C11H14FNO. The molecule has 1 aliphatic rings. The van der Waals surface area contributed by atoms with Gasteiger partial charge in [0.05, 0.1) is 0 Å². The van der Waals surface area contributed by atoms with E-state index in [4.69, 9.17) is 0 Å². The van der Waals surface area contributed by atoms with Gasteiger partial charge in [-0.2, -0.15) is 0 Å². The van der Waals surface area contributed by atoms with Crippen molar-refractivity contribution in [1.82, 2.24) is 4.90 Å². The number of carbonyl (C=O) groups excluding carboxylic acids is 1. The maximum atomic E-state index is 12.7. The number of halogens is 1. The molecule has 14 heavy (non-hydrogen) atoms. The SMILES string of the molecule is CC.CN1Cc2ccc(F)cc2C1=O. The molecule has 0 atom stereocenters. The first kappa shape index (κ1) is 10.7. The molecule has 2 rings (SSSR count). The first-order valence-corrected chi connectivity index (χ1v) is 4.72. The van der Waals surface area contributed by atoms with E-state index in [1.54, 1.807) is 18.0 Å². The van der Waals surface area contributed by atoms with Crippen molar-refractivity contribution >= 4 is 5.91 Å². The smallest absolute Gasteiger partial charge is 0.254 e. The first-order valence-electron chi connectivity index (χ1n) is 4.72. The normalized spacial score (nSPS) is 13.4. The molecule has 1 heterocycles. The van der Waals surface area contributed by atoms with Gasteiger partial charge in [-0.3, -0.25) is 4.79 Å². The van der Waals surface area contributed by atoms with Gasteiger partial charge in [-0.15, -0.1) is 0 Å². The Bertz CT molecular complexity index is 349. The van der Waals surface area contributed by atoms with Gasteiger partial charge in [0.15, 0.2) is 0 Å². The van der Waals surface area contributed by atoms with E-state index >= 15 is 0 Å². The minimum atomic E-state index is -0.350. The molecule has 0 spiro atoms. The molecule has 0 fully saturated rings. The Kier molecular flexibility index (Phi) is 3.23. The molecule has 0 saturated carbocycles. The average Bonchev–Trinajstić information content (AvgIpc) is 2.48. The molecular weight excluding hydrogens is 181 g/mol. The molecule has 0 bridgehead atoms. The van der Waals surface area contributed by atoms with E-state index in [0.29, 0.717) is 12.1 Å². The number of rotatable bonds is 0. The van der Waals surface area contributed by atoms with Crippen LogP contribution in [-0.2, 0) is 6.54 Å². The van der Waals surface area contributed by atoms with E-state index in [1.165, 1.54) is 12.1 Å². The zero-order chi connectivity index (χ0) is 10.7. The molecule has 76 valence electrons. The van der Waals surface area contributed by atoms with Crippen molar-refractivity contribution in [1.29, 1.82) is 0 Å². The third-order valence-electron chi connectivity index (χ3n) is 2.06. The van der Waals surface area contributed by atoms with Gasteiger partial charge in [0, 0.05) is 19.2 Å². The Morgan fingerprint density at radius 3 is 2.64 bits per heavy atom. The summed E-state index contributed by atoms with van der Waals surface area (Å²) < 4.78 is 12.7. The molecule has 0 N–H and O–H groups in total. The number of fused-ring (bicyclic) bond motifs is 1. The number of hydrogen-bond donors (Lipinski definition) is 0. The molecule has 0 aliphatic carbocycles. The van der Waals surface area contributed by atoms with Crippen LogP contribution in [0.15, 0.2) is 18.2 Å². The van der Waals surface area contributed by atoms with E-state index in [-0.39, 0.29) is 11.7 Å². The molecule has 0 radical (unpaired) electrons. The van der Waals surface area contributed by atoms with Crippen LogP contribution in [-0.4, -0.2) is 17.9 Å². The van der Waals surface area contributed by atoms with Crippen LogP contribution in [0.5, 0.6) is 0 Å². The van der Waals surface area contributed by atoms with E-state index in [1.807, 2.05) is 13.8 Å². The lowest BCUT2D eigenvalue weighted by Gasteiger charge is -2.04. The lowest BCUT2D eigenvalue weighted by molar-refractivity contribution is 0.0816. The third-order valence-corrected chi connectivity index (χ3v) is 2.06. The fourth-order valence-electron chi connectivity index (χ4n) is 1.42. The molecule has 3 heteroatoms. The van der Waals surface area contributed by atoms with Crippen LogP contribution in [0.3, 0.4) is 0 Å². The summed E-state index contributed by atoms with van der Waals surface area (Å²) >= 11 is 0. The van der Waals surface area contributed by atoms with Gasteiger partial charge >= 0.3 is 0 Å². The van der Waals surface area contributed by atoms with Gasteiger partial charge in [0.25, 0.3) is 5.91 Å². The standard InChI is InChI=1S/C9H8FNO.C2H6/c1-11-5-6-2-3-7(10)4-8(6)9(11)12;1-2/h2-4H,5H2,1H3;1-2H3. The summed E-state index contributed by atoms with van der Waals surface area (Å²) in [5.41, 5.74) is 1.40. The molecule has 2 nitrogen and oxygen atoms in total. The third kappa shape index (κ3) is 1.76. The van der Waals surface area contributed by atoms with E-state index in [9.17, 15) is 9.18 Å². The molecule has 0 saturated heterocycles. The van der Waals surface area contributed by atoms with Crippen molar-refractivity contribution in [2.45, 2.75) is 20.4 Å². The lowest BCUT2D eigenvalue weighted by Crippen LogP contribution is -2.17. The van der Waals surface area contributed by atoms with Gasteiger partial charge in [-0.1, -0.05) is 19.9 Å². The zero-order valence-corrected chi connectivity index (χ0v) is 8.67. The number of nitrogens with zero attached hydrogens (tertiary/aromatic N) is 1. The number of benzene rings is 1. The maximum Gasteiger partial charge on any atom is 0.254 e. The zero-order valence-electron chi connectivity index (χ0n) is 8.67. The topological polar surface area (TPSA) is 20.3 Å². The predicted octanol–water partition coefficient (Wildman–Crippen LogP) is 2.44. The largest absolute Gasteiger partial charge is 0.337 e. The molecule has 1 aromatic rings. The van der Waals surface area contributed by atoms with Crippen molar-refractivity contribution in [3.8, 4) is 0 Å². The molecule has 1 amide bonds. The van der Waals surface area contributed by atoms with Gasteiger partial charge in [-0.25, -0.2) is 4.39 Å². The highest BCUT2D eigenvalue weighted by molar-refractivity contribution is 5.98. The number of carbonyl (C=O) groups is 1. The van der Waals surface area contributed by atoms with E-state index in [0.717, 1.165) is 5.56 Å². The lowest BCUT2D eigenvalue weighted by atomic mass is 10.1. The second-order valence-electron chi connectivity index (χ2n) is 2.96. The minimum Gasteiger partial charge on any atom is -0.337 e. The monoisotopic (exact) mass is 195 g/mol. The Labute approximate surface area is 83.3 Å². The van der Waals surface area contributed by atoms with E-state index < -0.39 is 0 Å².